The third-order valence-corrected chi connectivity index (χ3v) is 5.52. The number of carboxylic acids is 1. The minimum atomic E-state index is -0.924. The molecule has 0 aliphatic heterocycles. The van der Waals surface area contributed by atoms with Crippen LogP contribution < -0.4 is 9.47 Å². The summed E-state index contributed by atoms with van der Waals surface area (Å²) < 4.78 is 12.2. The second-order valence-corrected chi connectivity index (χ2v) is 7.34. The first-order chi connectivity index (χ1) is 15.1. The second kappa shape index (κ2) is 7.35. The highest BCUT2D eigenvalue weighted by molar-refractivity contribution is 5.87. The van der Waals surface area contributed by atoms with Crippen LogP contribution in [0.1, 0.15) is 39.7 Å². The van der Waals surface area contributed by atoms with E-state index >= 15 is 0 Å². The van der Waals surface area contributed by atoms with Crippen molar-refractivity contribution >= 4 is 11.6 Å². The Morgan fingerprint density at radius 3 is 2.81 bits per heavy atom. The zero-order valence-corrected chi connectivity index (χ0v) is 16.9. The molecule has 3 aromatic heterocycles. The van der Waals surface area contributed by atoms with E-state index in [9.17, 15) is 9.90 Å². The molecule has 3 heterocycles. The molecule has 1 fully saturated rings. The minimum absolute atomic E-state index is 0.209. The Kier molecular flexibility index (Phi) is 4.50. The molecule has 0 radical (unpaired) electrons. The van der Waals surface area contributed by atoms with E-state index in [4.69, 9.17) is 9.47 Å². The van der Waals surface area contributed by atoms with E-state index in [-0.39, 0.29) is 17.8 Å². The normalized spacial score (nSPS) is 17.5. The molecule has 1 saturated carbocycles. The van der Waals surface area contributed by atoms with Crippen LogP contribution in [0.5, 0.6) is 11.9 Å². The maximum absolute atomic E-state index is 11.3. The fourth-order valence-electron chi connectivity index (χ4n) is 3.94. The lowest BCUT2D eigenvalue weighted by Gasteiger charge is -2.11. The molecule has 5 rings (SSSR count). The Morgan fingerprint density at radius 2 is 2.03 bits per heavy atom. The summed E-state index contributed by atoms with van der Waals surface area (Å²) in [5.41, 5.74) is 4.43. The number of hydrogen-bond donors (Lipinski definition) is 1. The second-order valence-electron chi connectivity index (χ2n) is 7.34. The van der Waals surface area contributed by atoms with Crippen molar-refractivity contribution in [1.82, 2.24) is 24.6 Å². The van der Waals surface area contributed by atoms with Crippen molar-refractivity contribution in [3.63, 3.8) is 0 Å². The van der Waals surface area contributed by atoms with Crippen molar-refractivity contribution in [2.75, 3.05) is 14.2 Å². The van der Waals surface area contributed by atoms with Crippen LogP contribution in [-0.2, 0) is 0 Å². The van der Waals surface area contributed by atoms with Crippen LogP contribution in [0.25, 0.3) is 16.9 Å². The van der Waals surface area contributed by atoms with Crippen molar-refractivity contribution in [2.24, 2.45) is 0 Å². The smallest absolute Gasteiger partial charge is 0.335 e. The first-order valence-corrected chi connectivity index (χ1v) is 9.72. The van der Waals surface area contributed by atoms with Gasteiger partial charge in [-0.3, -0.25) is 0 Å². The molecule has 2 atom stereocenters. The molecule has 4 aromatic rings. The Balaban J connectivity index is 1.56. The maximum atomic E-state index is 11.3. The number of aromatic nitrogens is 5. The molecule has 1 aliphatic carbocycles. The molecule has 9 nitrogen and oxygen atoms in total. The van der Waals surface area contributed by atoms with Gasteiger partial charge in [0.1, 0.15) is 0 Å². The minimum Gasteiger partial charge on any atom is -0.480 e. The molecular weight excluding hydrogens is 398 g/mol. The summed E-state index contributed by atoms with van der Waals surface area (Å²) in [6.45, 7) is 0. The van der Waals surface area contributed by atoms with E-state index in [1.54, 1.807) is 41.3 Å². The predicted octanol–water partition coefficient (Wildman–Crippen LogP) is 3.17. The van der Waals surface area contributed by atoms with E-state index < -0.39 is 5.97 Å². The van der Waals surface area contributed by atoms with Gasteiger partial charge in [0.2, 0.25) is 5.88 Å². The van der Waals surface area contributed by atoms with Gasteiger partial charge in [-0.05, 0) is 42.0 Å². The Bertz CT molecular complexity index is 1300. The number of fused-ring (bicyclic) bond motifs is 1. The van der Waals surface area contributed by atoms with Gasteiger partial charge < -0.3 is 14.6 Å². The highest BCUT2D eigenvalue weighted by Gasteiger charge is 2.41. The fraction of sp³-hybridized carbons (Fsp3) is 0.227. The van der Waals surface area contributed by atoms with Crippen LogP contribution >= 0.6 is 0 Å². The molecule has 1 aromatic carbocycles. The average Bonchev–Trinajstić information content (AvgIpc) is 3.46. The van der Waals surface area contributed by atoms with E-state index in [2.05, 4.69) is 20.1 Å². The number of aromatic carboxylic acids is 1. The number of methoxy groups -OCH3 is 2. The van der Waals surface area contributed by atoms with Gasteiger partial charge in [0.25, 0.3) is 0 Å². The fourth-order valence-corrected chi connectivity index (χ4v) is 3.94. The zero-order chi connectivity index (χ0) is 21.5. The number of rotatable bonds is 6. The third kappa shape index (κ3) is 3.33. The molecule has 0 spiro atoms. The molecule has 0 saturated heterocycles. The summed E-state index contributed by atoms with van der Waals surface area (Å²) in [4.78, 5) is 24.3. The Morgan fingerprint density at radius 1 is 1.16 bits per heavy atom. The van der Waals surface area contributed by atoms with Crippen LogP contribution in [0.3, 0.4) is 0 Å². The summed E-state index contributed by atoms with van der Waals surface area (Å²) in [5, 5.41) is 14.0. The number of ether oxygens (including phenoxy) is 2. The van der Waals surface area contributed by atoms with Gasteiger partial charge in [0.15, 0.2) is 5.65 Å². The SMILES string of the molecule is COc1ncc(-c2cc([C@H]3C[C@@H]3c3cccc(C(=O)O)c3)c3nccn3n2)c(OC)n1. The highest BCUT2D eigenvalue weighted by Crippen LogP contribution is 2.55. The van der Waals surface area contributed by atoms with Crippen molar-refractivity contribution in [3.8, 4) is 23.1 Å². The monoisotopic (exact) mass is 417 g/mol. The quantitative estimate of drug-likeness (QED) is 0.509. The lowest BCUT2D eigenvalue weighted by atomic mass is 10.0. The summed E-state index contributed by atoms with van der Waals surface area (Å²) in [7, 11) is 3.03. The molecule has 1 N–H and O–H groups in total. The third-order valence-electron chi connectivity index (χ3n) is 5.52. The van der Waals surface area contributed by atoms with E-state index in [0.717, 1.165) is 23.2 Å². The molecule has 0 amide bonds. The van der Waals surface area contributed by atoms with Gasteiger partial charge in [-0.25, -0.2) is 19.3 Å². The van der Waals surface area contributed by atoms with Gasteiger partial charge in [-0.15, -0.1) is 0 Å². The average molecular weight is 417 g/mol. The molecule has 31 heavy (non-hydrogen) atoms. The van der Waals surface area contributed by atoms with Crippen molar-refractivity contribution in [2.45, 2.75) is 18.3 Å². The summed E-state index contributed by atoms with van der Waals surface area (Å²) in [6, 6.07) is 9.32. The number of hydrogen-bond acceptors (Lipinski definition) is 7. The first kappa shape index (κ1) is 19.0. The number of nitrogens with zero attached hydrogens (tertiary/aromatic N) is 5. The van der Waals surface area contributed by atoms with Crippen LogP contribution in [0.15, 0.2) is 48.9 Å². The number of imidazole rings is 1. The van der Waals surface area contributed by atoms with Crippen LogP contribution in [-0.4, -0.2) is 49.9 Å². The lowest BCUT2D eigenvalue weighted by molar-refractivity contribution is 0.0696. The molecule has 9 heteroatoms. The summed E-state index contributed by atoms with van der Waals surface area (Å²) in [6.07, 6.45) is 6.03. The number of carbonyl (C=O) groups is 1. The van der Waals surface area contributed by atoms with Crippen molar-refractivity contribution in [1.29, 1.82) is 0 Å². The summed E-state index contributed by atoms with van der Waals surface area (Å²) in [5.74, 6) is -0.122. The van der Waals surface area contributed by atoms with Crippen molar-refractivity contribution in [3.05, 3.63) is 65.6 Å². The van der Waals surface area contributed by atoms with Gasteiger partial charge in [-0.2, -0.15) is 10.1 Å². The highest BCUT2D eigenvalue weighted by atomic mass is 16.5. The van der Waals surface area contributed by atoms with Crippen molar-refractivity contribution < 1.29 is 19.4 Å². The number of benzene rings is 1. The standard InChI is InChI=1S/C22H19N5O4/c1-30-20-17(11-24-22(25-20)31-2)18-10-16(19-23-6-7-27(19)26-18)15-9-14(15)12-4-3-5-13(8-12)21(28)29/h3-8,10-11,14-15H,9H2,1-2H3,(H,28,29)/t14-,15+/m1/s1. The first-order valence-electron chi connectivity index (χ1n) is 9.72. The van der Waals surface area contributed by atoms with Gasteiger partial charge in [0.05, 0.1) is 31.0 Å². The largest absolute Gasteiger partial charge is 0.480 e. The van der Waals surface area contributed by atoms with E-state index in [1.807, 2.05) is 12.1 Å². The molecular formula is C22H19N5O4. The van der Waals surface area contributed by atoms with Crippen LogP contribution in [0.2, 0.25) is 0 Å². The van der Waals surface area contributed by atoms with Crippen LogP contribution in [0, 0.1) is 0 Å². The molecule has 0 bridgehead atoms. The Labute approximate surface area is 177 Å². The van der Waals surface area contributed by atoms with Gasteiger partial charge >= 0.3 is 12.0 Å². The topological polar surface area (TPSA) is 112 Å². The van der Waals surface area contributed by atoms with Crippen LogP contribution in [0.4, 0.5) is 0 Å². The lowest BCUT2D eigenvalue weighted by Crippen LogP contribution is -2.03. The predicted molar refractivity (Wildman–Crippen MR) is 111 cm³/mol. The van der Waals surface area contributed by atoms with E-state index in [0.29, 0.717) is 22.7 Å². The van der Waals surface area contributed by atoms with E-state index in [1.165, 1.54) is 14.2 Å². The Hall–Kier alpha value is -4.01. The maximum Gasteiger partial charge on any atom is 0.335 e. The zero-order valence-electron chi connectivity index (χ0n) is 16.9. The van der Waals surface area contributed by atoms with Gasteiger partial charge in [-0.1, -0.05) is 12.1 Å². The number of carboxylic acid groups (broad SMARTS) is 1. The molecule has 1 aliphatic rings. The molecule has 0 unspecified atom stereocenters. The molecule has 156 valence electrons. The van der Waals surface area contributed by atoms with Gasteiger partial charge in [0, 0.05) is 24.2 Å². The summed E-state index contributed by atoms with van der Waals surface area (Å²) >= 11 is 0.